The minimum absolute atomic E-state index is 0.588. The first-order chi connectivity index (χ1) is 14.5. The molecule has 0 bridgehead atoms. The highest BCUT2D eigenvalue weighted by Crippen LogP contribution is 2.30. The second kappa shape index (κ2) is 10.9. The van der Waals surface area contributed by atoms with Crippen LogP contribution in [0.15, 0.2) is 0 Å². The van der Waals surface area contributed by atoms with E-state index >= 15 is 0 Å². The predicted molar refractivity (Wildman–Crippen MR) is 98.1 cm³/mol. The van der Waals surface area contributed by atoms with E-state index in [0.29, 0.717) is 0 Å². The summed E-state index contributed by atoms with van der Waals surface area (Å²) in [4.78, 5) is 22.9. The van der Waals surface area contributed by atoms with Crippen LogP contribution in [0.1, 0.15) is 13.8 Å². The van der Waals surface area contributed by atoms with E-state index in [1.54, 1.807) is 0 Å². The number of aliphatic carboxylic acids is 1. The lowest BCUT2D eigenvalue weighted by atomic mass is 9.94. The molecule has 9 N–H and O–H groups in total. The van der Waals surface area contributed by atoms with E-state index in [1.165, 1.54) is 6.92 Å². The van der Waals surface area contributed by atoms with Crippen LogP contribution in [0.25, 0.3) is 0 Å². The predicted octanol–water partition coefficient (Wildman–Crippen LogP) is -4.79. The molecule has 0 aromatic heterocycles. The summed E-state index contributed by atoms with van der Waals surface area (Å²) in [6, 6.07) is -2.60. The number of aliphatic hydroxyl groups excluding tert-OH is 5. The van der Waals surface area contributed by atoms with Crippen LogP contribution in [-0.4, -0.2) is 123 Å². The minimum atomic E-state index is -1.68. The van der Waals surface area contributed by atoms with Crippen LogP contribution < -0.4 is 11.1 Å². The molecule has 2 aliphatic heterocycles. The van der Waals surface area contributed by atoms with Gasteiger partial charge in [-0.25, -0.2) is 4.79 Å². The lowest BCUT2D eigenvalue weighted by molar-refractivity contribution is -0.331. The maximum absolute atomic E-state index is 11.6. The maximum atomic E-state index is 11.6. The standard InChI is InChI=1S/C17H30N2O12/c1-5(15(25)26)28-14-10(19-6(2)22)16(27)29-8(4-21)13(14)31-17-9(18)12(24)11(23)7(3-20)30-17/h5,7-14,16-17,20-21,23-24,27H,3-4,18H2,1-2H3,(H,19,22)(H,25,26)/t5-,7-,8-,9-,10-,11-,12-,13-,14-,16+,17+/m1/s1. The Morgan fingerprint density at radius 1 is 1.06 bits per heavy atom. The number of rotatable bonds is 8. The summed E-state index contributed by atoms with van der Waals surface area (Å²) >= 11 is 0. The third-order valence-electron chi connectivity index (χ3n) is 5.14. The van der Waals surface area contributed by atoms with Crippen molar-refractivity contribution in [1.82, 2.24) is 5.32 Å². The number of carboxylic acid groups (broad SMARTS) is 1. The second-order valence-electron chi connectivity index (χ2n) is 7.44. The van der Waals surface area contributed by atoms with Gasteiger partial charge in [-0.15, -0.1) is 0 Å². The Kier molecular flexibility index (Phi) is 9.08. The fourth-order valence-electron chi connectivity index (χ4n) is 3.46. The quantitative estimate of drug-likeness (QED) is 0.172. The summed E-state index contributed by atoms with van der Waals surface area (Å²) in [6.07, 6.45) is -12.8. The molecule has 0 unspecified atom stereocenters. The average molecular weight is 454 g/mol. The largest absolute Gasteiger partial charge is 0.479 e. The fourth-order valence-corrected chi connectivity index (χ4v) is 3.46. The van der Waals surface area contributed by atoms with Crippen molar-refractivity contribution in [2.45, 2.75) is 81.2 Å². The van der Waals surface area contributed by atoms with Crippen molar-refractivity contribution in [3.63, 3.8) is 0 Å². The van der Waals surface area contributed by atoms with Crippen LogP contribution in [0.5, 0.6) is 0 Å². The Morgan fingerprint density at radius 2 is 1.68 bits per heavy atom. The number of nitrogens with two attached hydrogens (primary N) is 1. The average Bonchev–Trinajstić information content (AvgIpc) is 2.71. The van der Waals surface area contributed by atoms with E-state index in [9.17, 15) is 40.2 Å². The highest BCUT2D eigenvalue weighted by molar-refractivity contribution is 5.73. The molecule has 180 valence electrons. The molecule has 0 aliphatic carbocycles. The van der Waals surface area contributed by atoms with Crippen LogP contribution in [0, 0.1) is 0 Å². The van der Waals surface area contributed by atoms with Crippen molar-refractivity contribution >= 4 is 11.9 Å². The van der Waals surface area contributed by atoms with Gasteiger partial charge in [0.05, 0.1) is 19.3 Å². The van der Waals surface area contributed by atoms with Gasteiger partial charge in [0, 0.05) is 6.92 Å². The smallest absolute Gasteiger partial charge is 0.332 e. The fraction of sp³-hybridized carbons (Fsp3) is 0.882. The number of carbonyl (C=O) groups excluding carboxylic acids is 1. The molecule has 14 heteroatoms. The van der Waals surface area contributed by atoms with Gasteiger partial charge >= 0.3 is 5.97 Å². The number of carbonyl (C=O) groups is 2. The summed E-state index contributed by atoms with van der Waals surface area (Å²) < 4.78 is 22.0. The van der Waals surface area contributed by atoms with E-state index in [1.807, 2.05) is 0 Å². The van der Waals surface area contributed by atoms with Crippen molar-refractivity contribution < 1.29 is 59.2 Å². The van der Waals surface area contributed by atoms with Crippen molar-refractivity contribution in [3.05, 3.63) is 0 Å². The molecule has 14 nitrogen and oxygen atoms in total. The number of hydrogen-bond donors (Lipinski definition) is 8. The van der Waals surface area contributed by atoms with Crippen LogP contribution >= 0.6 is 0 Å². The molecule has 31 heavy (non-hydrogen) atoms. The second-order valence-corrected chi connectivity index (χ2v) is 7.44. The zero-order chi connectivity index (χ0) is 23.5. The molecule has 2 saturated heterocycles. The van der Waals surface area contributed by atoms with Gasteiger partial charge in [-0.2, -0.15) is 0 Å². The van der Waals surface area contributed by atoms with E-state index in [0.717, 1.165) is 6.92 Å². The Morgan fingerprint density at radius 3 is 2.19 bits per heavy atom. The van der Waals surface area contributed by atoms with Crippen LogP contribution in [0.2, 0.25) is 0 Å². The molecule has 0 aromatic rings. The summed E-state index contributed by atoms with van der Waals surface area (Å²) in [5.41, 5.74) is 5.87. The first kappa shape index (κ1) is 25.8. The van der Waals surface area contributed by atoms with Gasteiger partial charge in [0.1, 0.15) is 42.7 Å². The Bertz CT molecular complexity index is 622. The first-order valence-corrected chi connectivity index (χ1v) is 9.65. The lowest BCUT2D eigenvalue weighted by Crippen LogP contribution is -2.69. The Balaban J connectivity index is 2.35. The molecule has 2 fully saturated rings. The molecule has 2 rings (SSSR count). The van der Waals surface area contributed by atoms with Crippen molar-refractivity contribution in [2.75, 3.05) is 13.2 Å². The topological polar surface area (TPSA) is 230 Å². The number of nitrogens with one attached hydrogen (secondary N) is 1. The molecule has 0 saturated carbocycles. The molecule has 2 heterocycles. The molecule has 11 atom stereocenters. The SMILES string of the molecule is CC(=O)N[C@@H]1[C@@H](O[C@H](C)C(=O)O)[C@H](O[C@@H]2O[C@H](CO)[C@@H](O)[C@H](O)[C@H]2N)[C@@H](CO)O[C@@H]1O. The number of amides is 1. The lowest BCUT2D eigenvalue weighted by Gasteiger charge is -2.48. The van der Waals surface area contributed by atoms with Crippen molar-refractivity contribution in [3.8, 4) is 0 Å². The van der Waals surface area contributed by atoms with E-state index in [4.69, 9.17) is 24.7 Å². The molecule has 0 radical (unpaired) electrons. The zero-order valence-corrected chi connectivity index (χ0v) is 17.0. The summed E-state index contributed by atoms with van der Waals surface area (Å²) in [7, 11) is 0. The number of ether oxygens (including phenoxy) is 4. The van der Waals surface area contributed by atoms with Crippen molar-refractivity contribution in [2.24, 2.45) is 5.73 Å². The van der Waals surface area contributed by atoms with E-state index in [-0.39, 0.29) is 0 Å². The molecular formula is C17H30N2O12. The number of aliphatic hydroxyl groups is 5. The van der Waals surface area contributed by atoms with Crippen LogP contribution in [0.4, 0.5) is 0 Å². The molecule has 0 spiro atoms. The Labute approximate surface area is 177 Å². The summed E-state index contributed by atoms with van der Waals surface area (Å²) in [6.45, 7) is 0.998. The minimum Gasteiger partial charge on any atom is -0.479 e. The van der Waals surface area contributed by atoms with Gasteiger partial charge in [0.15, 0.2) is 18.7 Å². The highest BCUT2D eigenvalue weighted by atomic mass is 16.7. The third-order valence-corrected chi connectivity index (χ3v) is 5.14. The van der Waals surface area contributed by atoms with Gasteiger partial charge < -0.3 is 60.6 Å². The van der Waals surface area contributed by atoms with Gasteiger partial charge in [0.25, 0.3) is 0 Å². The normalized spacial score (nSPS) is 42.1. The molecule has 1 amide bonds. The number of hydrogen-bond acceptors (Lipinski definition) is 12. The zero-order valence-electron chi connectivity index (χ0n) is 17.0. The third kappa shape index (κ3) is 5.87. The maximum Gasteiger partial charge on any atom is 0.332 e. The van der Waals surface area contributed by atoms with Crippen molar-refractivity contribution in [1.29, 1.82) is 0 Å². The van der Waals surface area contributed by atoms with Crippen LogP contribution in [-0.2, 0) is 28.5 Å². The Hall–Kier alpha value is -1.46. The summed E-state index contributed by atoms with van der Waals surface area (Å²) in [5, 5.41) is 61.0. The molecule has 2 aliphatic rings. The highest BCUT2D eigenvalue weighted by Gasteiger charge is 2.51. The summed E-state index contributed by atoms with van der Waals surface area (Å²) in [5.74, 6) is -1.93. The molecule has 0 aromatic carbocycles. The van der Waals surface area contributed by atoms with E-state index < -0.39 is 92.5 Å². The van der Waals surface area contributed by atoms with Gasteiger partial charge in [-0.3, -0.25) is 4.79 Å². The van der Waals surface area contributed by atoms with Gasteiger partial charge in [-0.05, 0) is 6.92 Å². The van der Waals surface area contributed by atoms with Crippen LogP contribution in [0.3, 0.4) is 0 Å². The van der Waals surface area contributed by atoms with Gasteiger partial charge in [-0.1, -0.05) is 0 Å². The first-order valence-electron chi connectivity index (χ1n) is 9.65. The van der Waals surface area contributed by atoms with E-state index in [2.05, 4.69) is 5.32 Å². The monoisotopic (exact) mass is 454 g/mol. The number of carboxylic acids is 1. The van der Waals surface area contributed by atoms with Gasteiger partial charge in [0.2, 0.25) is 5.91 Å². The molecular weight excluding hydrogens is 424 g/mol.